The lowest BCUT2D eigenvalue weighted by atomic mass is 10.1. The highest BCUT2D eigenvalue weighted by molar-refractivity contribution is 6.06. The number of carbonyl (C=O) groups is 1. The summed E-state index contributed by atoms with van der Waals surface area (Å²) in [5.41, 5.74) is 4.20. The van der Waals surface area contributed by atoms with E-state index in [-0.39, 0.29) is 11.9 Å². The smallest absolute Gasteiger partial charge is 0.255 e. The van der Waals surface area contributed by atoms with E-state index in [0.717, 1.165) is 60.8 Å². The maximum atomic E-state index is 14.0. The third-order valence-electron chi connectivity index (χ3n) is 5.94. The Labute approximate surface area is 183 Å². The van der Waals surface area contributed by atoms with Crippen molar-refractivity contribution >= 4 is 16.9 Å². The first kappa shape index (κ1) is 21.5. The minimum absolute atomic E-state index is 0.0243. The van der Waals surface area contributed by atoms with Crippen LogP contribution < -0.4 is 0 Å². The zero-order valence-electron chi connectivity index (χ0n) is 18.8. The molecule has 0 aliphatic carbocycles. The number of hydrogen-bond acceptors (Lipinski definition) is 5. The first-order valence-electron chi connectivity index (χ1n) is 10.9. The van der Waals surface area contributed by atoms with Crippen molar-refractivity contribution < 1.29 is 9.53 Å². The molecule has 0 bridgehead atoms. The fourth-order valence-corrected chi connectivity index (χ4v) is 4.36. The van der Waals surface area contributed by atoms with Crippen molar-refractivity contribution in [3.8, 4) is 0 Å². The van der Waals surface area contributed by atoms with Crippen LogP contribution in [0, 0.1) is 13.8 Å². The Morgan fingerprint density at radius 1 is 1.19 bits per heavy atom. The van der Waals surface area contributed by atoms with Gasteiger partial charge in [-0.15, -0.1) is 0 Å². The average molecular weight is 422 g/mol. The molecule has 2 aromatic heterocycles. The molecule has 1 saturated heterocycles. The lowest BCUT2D eigenvalue weighted by Gasteiger charge is -2.35. The third-order valence-corrected chi connectivity index (χ3v) is 5.94. The number of aryl methyl sites for hydroxylation is 3. The van der Waals surface area contributed by atoms with Gasteiger partial charge in [-0.2, -0.15) is 5.10 Å². The average Bonchev–Trinajstić information content (AvgIpc) is 3.05. The highest BCUT2D eigenvalue weighted by atomic mass is 16.5. The summed E-state index contributed by atoms with van der Waals surface area (Å²) in [4.78, 5) is 23.0. The van der Waals surface area contributed by atoms with E-state index in [2.05, 4.69) is 34.0 Å². The number of aromatic nitrogens is 3. The van der Waals surface area contributed by atoms with Crippen molar-refractivity contribution in [1.29, 1.82) is 0 Å². The zero-order valence-corrected chi connectivity index (χ0v) is 18.8. The molecule has 0 spiro atoms. The van der Waals surface area contributed by atoms with Crippen LogP contribution in [0.5, 0.6) is 0 Å². The molecule has 0 radical (unpaired) electrons. The summed E-state index contributed by atoms with van der Waals surface area (Å²) in [6.07, 6.45) is 0. The summed E-state index contributed by atoms with van der Waals surface area (Å²) in [5.74, 6) is 0.0243. The van der Waals surface area contributed by atoms with Crippen LogP contribution in [-0.4, -0.2) is 69.4 Å². The molecule has 1 unspecified atom stereocenters. The van der Waals surface area contributed by atoms with Gasteiger partial charge in [-0.3, -0.25) is 14.4 Å². The van der Waals surface area contributed by atoms with Gasteiger partial charge in [-0.1, -0.05) is 30.3 Å². The maximum Gasteiger partial charge on any atom is 0.255 e. The first-order valence-corrected chi connectivity index (χ1v) is 10.9. The fourth-order valence-electron chi connectivity index (χ4n) is 4.36. The predicted molar refractivity (Wildman–Crippen MR) is 121 cm³/mol. The number of amides is 1. The van der Waals surface area contributed by atoms with Crippen molar-refractivity contribution in [1.82, 2.24) is 24.6 Å². The molecule has 1 fully saturated rings. The normalized spacial score (nSPS) is 15.9. The topological polar surface area (TPSA) is 63.5 Å². The second kappa shape index (κ2) is 9.16. The van der Waals surface area contributed by atoms with Gasteiger partial charge in [0, 0.05) is 45.0 Å². The number of fused-ring (bicyclic) bond motifs is 1. The van der Waals surface area contributed by atoms with E-state index in [0.29, 0.717) is 12.1 Å². The minimum atomic E-state index is 0.0243. The molecular weight excluding hydrogens is 390 g/mol. The SMILES string of the molecule is Cc1cc(C(=O)N(Cc2ccccc2)C(C)CN2CCOCC2)c2c(C)nn(C)c2n1. The highest BCUT2D eigenvalue weighted by Gasteiger charge is 2.27. The van der Waals surface area contributed by atoms with Crippen molar-refractivity contribution in [2.75, 3.05) is 32.8 Å². The summed E-state index contributed by atoms with van der Waals surface area (Å²) in [6, 6.07) is 12.1. The van der Waals surface area contributed by atoms with Crippen LogP contribution in [-0.2, 0) is 18.3 Å². The lowest BCUT2D eigenvalue weighted by molar-refractivity contribution is 0.0229. The summed E-state index contributed by atoms with van der Waals surface area (Å²) in [5, 5.41) is 5.36. The monoisotopic (exact) mass is 421 g/mol. The Kier molecular flexibility index (Phi) is 6.34. The lowest BCUT2D eigenvalue weighted by Crippen LogP contribution is -2.48. The van der Waals surface area contributed by atoms with Gasteiger partial charge in [0.1, 0.15) is 0 Å². The summed E-state index contributed by atoms with van der Waals surface area (Å²) < 4.78 is 7.25. The highest BCUT2D eigenvalue weighted by Crippen LogP contribution is 2.25. The number of rotatable bonds is 6. The van der Waals surface area contributed by atoms with Crippen LogP contribution in [0.15, 0.2) is 36.4 Å². The van der Waals surface area contributed by atoms with E-state index < -0.39 is 0 Å². The van der Waals surface area contributed by atoms with Gasteiger partial charge in [-0.25, -0.2) is 4.98 Å². The Morgan fingerprint density at radius 3 is 2.61 bits per heavy atom. The Hall–Kier alpha value is -2.77. The summed E-state index contributed by atoms with van der Waals surface area (Å²) in [6.45, 7) is 10.7. The van der Waals surface area contributed by atoms with Gasteiger partial charge in [0.05, 0.1) is 29.9 Å². The predicted octanol–water partition coefficient (Wildman–Crippen LogP) is 2.95. The number of nitrogens with zero attached hydrogens (tertiary/aromatic N) is 5. The van der Waals surface area contributed by atoms with E-state index in [1.165, 1.54) is 0 Å². The molecule has 1 aliphatic rings. The fraction of sp³-hybridized carbons (Fsp3) is 0.458. The number of pyridine rings is 1. The molecule has 0 N–H and O–H groups in total. The molecule has 3 aromatic rings. The van der Waals surface area contributed by atoms with Gasteiger partial charge in [0.2, 0.25) is 0 Å². The van der Waals surface area contributed by atoms with Gasteiger partial charge in [0.25, 0.3) is 5.91 Å². The molecule has 1 aromatic carbocycles. The van der Waals surface area contributed by atoms with Gasteiger partial charge in [0.15, 0.2) is 5.65 Å². The van der Waals surface area contributed by atoms with Crippen molar-refractivity contribution in [3.05, 3.63) is 58.9 Å². The molecule has 164 valence electrons. The van der Waals surface area contributed by atoms with Crippen molar-refractivity contribution in [3.63, 3.8) is 0 Å². The summed E-state index contributed by atoms with van der Waals surface area (Å²) in [7, 11) is 1.87. The van der Waals surface area contributed by atoms with Crippen LogP contribution in [0.1, 0.15) is 34.2 Å². The molecule has 31 heavy (non-hydrogen) atoms. The second-order valence-corrected chi connectivity index (χ2v) is 8.40. The molecule has 1 amide bonds. The quantitative estimate of drug-likeness (QED) is 0.612. The molecule has 4 rings (SSSR count). The van der Waals surface area contributed by atoms with Gasteiger partial charge in [-0.05, 0) is 32.4 Å². The molecule has 7 nitrogen and oxygen atoms in total. The standard InChI is InChI=1S/C24H31N5O2/c1-17-14-21(22-19(3)26-27(4)23(22)25-17)24(30)29(16-20-8-6-5-7-9-20)18(2)15-28-10-12-31-13-11-28/h5-9,14,18H,10-13,15-16H2,1-4H3. The van der Waals surface area contributed by atoms with E-state index in [1.54, 1.807) is 4.68 Å². The van der Waals surface area contributed by atoms with Gasteiger partial charge >= 0.3 is 0 Å². The van der Waals surface area contributed by atoms with E-state index in [1.807, 2.05) is 50.1 Å². The van der Waals surface area contributed by atoms with Crippen molar-refractivity contribution in [2.24, 2.45) is 7.05 Å². The Morgan fingerprint density at radius 2 is 1.90 bits per heavy atom. The minimum Gasteiger partial charge on any atom is -0.379 e. The molecule has 1 atom stereocenters. The van der Waals surface area contributed by atoms with Crippen LogP contribution in [0.3, 0.4) is 0 Å². The molecular formula is C24H31N5O2. The van der Waals surface area contributed by atoms with Gasteiger partial charge < -0.3 is 9.64 Å². The molecule has 0 saturated carbocycles. The molecule has 7 heteroatoms. The van der Waals surface area contributed by atoms with E-state index in [4.69, 9.17) is 4.74 Å². The number of ether oxygens (including phenoxy) is 1. The van der Waals surface area contributed by atoms with Crippen LogP contribution in [0.25, 0.3) is 11.0 Å². The Balaban J connectivity index is 1.70. The van der Waals surface area contributed by atoms with E-state index in [9.17, 15) is 4.79 Å². The number of benzene rings is 1. The van der Waals surface area contributed by atoms with Crippen molar-refractivity contribution in [2.45, 2.75) is 33.4 Å². The molecule has 3 heterocycles. The summed E-state index contributed by atoms with van der Waals surface area (Å²) >= 11 is 0. The first-order chi connectivity index (χ1) is 14.9. The largest absolute Gasteiger partial charge is 0.379 e. The zero-order chi connectivity index (χ0) is 22.0. The second-order valence-electron chi connectivity index (χ2n) is 8.40. The maximum absolute atomic E-state index is 14.0. The van der Waals surface area contributed by atoms with Crippen LogP contribution >= 0.6 is 0 Å². The third kappa shape index (κ3) is 4.62. The van der Waals surface area contributed by atoms with E-state index >= 15 is 0 Å². The number of carbonyl (C=O) groups excluding carboxylic acids is 1. The van der Waals surface area contributed by atoms with Crippen LogP contribution in [0.2, 0.25) is 0 Å². The number of morpholine rings is 1. The molecule has 1 aliphatic heterocycles. The Bertz CT molecular complexity index is 1060. The van der Waals surface area contributed by atoms with Crippen LogP contribution in [0.4, 0.5) is 0 Å². The number of hydrogen-bond donors (Lipinski definition) is 0.